The Balaban J connectivity index is 1.54. The normalized spacial score (nSPS) is 19.0. The summed E-state index contributed by atoms with van der Waals surface area (Å²) in [5.74, 6) is 1.67. The minimum Gasteiger partial charge on any atom is -0.493 e. The molecule has 4 rings (SSSR count). The van der Waals surface area contributed by atoms with E-state index in [4.69, 9.17) is 15.2 Å². The lowest BCUT2D eigenvalue weighted by molar-refractivity contribution is -0.117. The fourth-order valence-corrected chi connectivity index (χ4v) is 3.56. The zero-order chi connectivity index (χ0) is 19.7. The number of methoxy groups -OCH3 is 1. The molecule has 1 saturated heterocycles. The molecule has 146 valence electrons. The number of ether oxygens (including phenoxy) is 2. The largest absolute Gasteiger partial charge is 0.493 e. The molecule has 1 unspecified atom stereocenters. The summed E-state index contributed by atoms with van der Waals surface area (Å²) in [7, 11) is 1.63. The molecule has 28 heavy (non-hydrogen) atoms. The van der Waals surface area contributed by atoms with Crippen molar-refractivity contribution in [3.63, 3.8) is 0 Å². The van der Waals surface area contributed by atoms with Gasteiger partial charge >= 0.3 is 0 Å². The number of rotatable bonds is 7. The first-order chi connectivity index (χ1) is 13.5. The van der Waals surface area contributed by atoms with Crippen LogP contribution in [0.1, 0.15) is 41.1 Å². The van der Waals surface area contributed by atoms with Crippen molar-refractivity contribution < 1.29 is 19.1 Å². The number of amides is 2. The molecule has 0 radical (unpaired) electrons. The molecule has 0 aromatic heterocycles. The third-order valence-corrected chi connectivity index (χ3v) is 5.40. The summed E-state index contributed by atoms with van der Waals surface area (Å²) in [6.45, 7) is 1.25. The average molecular weight is 380 g/mol. The summed E-state index contributed by atoms with van der Waals surface area (Å²) >= 11 is 0. The predicted octanol–water partition coefficient (Wildman–Crippen LogP) is 3.10. The number of hydrogen-bond donors (Lipinski definition) is 1. The second-order valence-electron chi connectivity index (χ2n) is 7.48. The molecule has 2 aromatic rings. The van der Waals surface area contributed by atoms with E-state index >= 15 is 0 Å². The van der Waals surface area contributed by atoms with Crippen LogP contribution in [0.15, 0.2) is 42.5 Å². The number of primary amides is 1. The van der Waals surface area contributed by atoms with Crippen molar-refractivity contribution in [2.45, 2.75) is 25.2 Å². The Labute approximate surface area is 164 Å². The van der Waals surface area contributed by atoms with Crippen LogP contribution < -0.4 is 20.1 Å². The molecule has 1 atom stereocenters. The van der Waals surface area contributed by atoms with Gasteiger partial charge in [-0.2, -0.15) is 0 Å². The number of hydrogen-bond acceptors (Lipinski definition) is 4. The Morgan fingerprint density at radius 1 is 1.18 bits per heavy atom. The third kappa shape index (κ3) is 3.81. The van der Waals surface area contributed by atoms with Gasteiger partial charge in [-0.25, -0.2) is 0 Å². The van der Waals surface area contributed by atoms with Gasteiger partial charge in [-0.1, -0.05) is 12.1 Å². The summed E-state index contributed by atoms with van der Waals surface area (Å²) in [4.78, 5) is 25.8. The van der Waals surface area contributed by atoms with E-state index in [0.29, 0.717) is 42.5 Å². The average Bonchev–Trinajstić information content (AvgIpc) is 3.46. The van der Waals surface area contributed by atoms with Gasteiger partial charge in [0, 0.05) is 30.1 Å². The van der Waals surface area contributed by atoms with E-state index in [1.807, 2.05) is 24.3 Å². The van der Waals surface area contributed by atoms with Crippen molar-refractivity contribution in [1.82, 2.24) is 0 Å². The highest BCUT2D eigenvalue weighted by Crippen LogP contribution is 2.38. The molecule has 6 nitrogen and oxygen atoms in total. The Kier molecular flexibility index (Phi) is 4.94. The van der Waals surface area contributed by atoms with Crippen LogP contribution >= 0.6 is 0 Å². The summed E-state index contributed by atoms with van der Waals surface area (Å²) in [6.07, 6.45) is 2.85. The van der Waals surface area contributed by atoms with Gasteiger partial charge in [0.15, 0.2) is 11.5 Å². The van der Waals surface area contributed by atoms with Gasteiger partial charge < -0.3 is 20.1 Å². The van der Waals surface area contributed by atoms with Gasteiger partial charge in [0.2, 0.25) is 11.8 Å². The van der Waals surface area contributed by atoms with Crippen molar-refractivity contribution in [3.05, 3.63) is 53.6 Å². The highest BCUT2D eigenvalue weighted by atomic mass is 16.5. The van der Waals surface area contributed by atoms with E-state index in [9.17, 15) is 9.59 Å². The van der Waals surface area contributed by atoms with Crippen molar-refractivity contribution in [1.29, 1.82) is 0 Å². The van der Waals surface area contributed by atoms with Crippen molar-refractivity contribution in [2.75, 3.05) is 25.2 Å². The number of anilines is 1. The molecule has 2 aromatic carbocycles. The summed E-state index contributed by atoms with van der Waals surface area (Å²) in [6, 6.07) is 12.8. The SMILES string of the molecule is COc1ccc(C2CC(=O)N(c3cccc(C(N)=O)c3)C2)cc1OCC1CC1. The van der Waals surface area contributed by atoms with Crippen LogP contribution in [0.3, 0.4) is 0 Å². The zero-order valence-electron chi connectivity index (χ0n) is 15.9. The van der Waals surface area contributed by atoms with E-state index in [1.165, 1.54) is 12.8 Å². The number of nitrogens with zero attached hydrogens (tertiary/aromatic N) is 1. The summed E-state index contributed by atoms with van der Waals surface area (Å²) < 4.78 is 11.4. The maximum atomic E-state index is 12.6. The van der Waals surface area contributed by atoms with Crippen molar-refractivity contribution in [3.8, 4) is 11.5 Å². The molecule has 1 aliphatic heterocycles. The van der Waals surface area contributed by atoms with Gasteiger partial charge in [-0.05, 0) is 54.7 Å². The van der Waals surface area contributed by atoms with Crippen LogP contribution in [-0.2, 0) is 4.79 Å². The number of carbonyl (C=O) groups is 2. The Morgan fingerprint density at radius 2 is 2.00 bits per heavy atom. The zero-order valence-corrected chi connectivity index (χ0v) is 15.9. The molecule has 1 saturated carbocycles. The summed E-state index contributed by atoms with van der Waals surface area (Å²) in [5.41, 5.74) is 7.51. The molecule has 1 heterocycles. The number of carbonyl (C=O) groups excluding carboxylic acids is 2. The molecule has 2 aliphatic rings. The van der Waals surface area contributed by atoms with Crippen molar-refractivity contribution in [2.24, 2.45) is 11.7 Å². The molecule has 2 fully saturated rings. The first kappa shape index (κ1) is 18.3. The van der Waals surface area contributed by atoms with E-state index in [0.717, 1.165) is 11.3 Å². The van der Waals surface area contributed by atoms with E-state index < -0.39 is 5.91 Å². The molecule has 1 aliphatic carbocycles. The second-order valence-corrected chi connectivity index (χ2v) is 7.48. The first-order valence-electron chi connectivity index (χ1n) is 9.56. The Bertz CT molecular complexity index is 907. The fourth-order valence-electron chi connectivity index (χ4n) is 3.56. The quantitative estimate of drug-likeness (QED) is 0.800. The third-order valence-electron chi connectivity index (χ3n) is 5.40. The molecule has 0 spiro atoms. The number of nitrogens with two attached hydrogens (primary N) is 1. The topological polar surface area (TPSA) is 81.9 Å². The fraction of sp³-hybridized carbons (Fsp3) is 0.364. The van der Waals surface area contributed by atoms with Crippen LogP contribution in [0.2, 0.25) is 0 Å². The standard InChI is InChI=1S/C22H24N2O4/c1-27-19-8-7-15(10-20(19)28-13-14-5-6-14)17-11-21(25)24(12-17)18-4-2-3-16(9-18)22(23)26/h2-4,7-10,14,17H,5-6,11-13H2,1H3,(H2,23,26). The lowest BCUT2D eigenvalue weighted by Crippen LogP contribution is -2.24. The van der Waals surface area contributed by atoms with Crippen LogP contribution in [0.25, 0.3) is 0 Å². The molecular weight excluding hydrogens is 356 g/mol. The molecule has 2 N–H and O–H groups in total. The molecular formula is C22H24N2O4. The van der Waals surface area contributed by atoms with Gasteiger partial charge in [0.05, 0.1) is 13.7 Å². The van der Waals surface area contributed by atoms with Crippen LogP contribution in [0, 0.1) is 5.92 Å². The maximum Gasteiger partial charge on any atom is 0.248 e. The monoisotopic (exact) mass is 380 g/mol. The lowest BCUT2D eigenvalue weighted by Gasteiger charge is -2.18. The smallest absolute Gasteiger partial charge is 0.248 e. The highest BCUT2D eigenvalue weighted by molar-refractivity contribution is 5.99. The van der Waals surface area contributed by atoms with Crippen LogP contribution in [0.5, 0.6) is 11.5 Å². The summed E-state index contributed by atoms with van der Waals surface area (Å²) in [5, 5.41) is 0. The number of benzene rings is 2. The van der Waals surface area contributed by atoms with Gasteiger partial charge in [0.1, 0.15) is 0 Å². The highest BCUT2D eigenvalue weighted by Gasteiger charge is 2.32. The van der Waals surface area contributed by atoms with Gasteiger partial charge in [-0.15, -0.1) is 0 Å². The first-order valence-corrected chi connectivity index (χ1v) is 9.56. The molecule has 6 heteroatoms. The van der Waals surface area contributed by atoms with E-state index in [2.05, 4.69) is 0 Å². The molecule has 2 amide bonds. The Morgan fingerprint density at radius 3 is 2.71 bits per heavy atom. The second kappa shape index (κ2) is 7.54. The van der Waals surface area contributed by atoms with E-state index in [-0.39, 0.29) is 11.8 Å². The van der Waals surface area contributed by atoms with E-state index in [1.54, 1.807) is 30.2 Å². The minimum atomic E-state index is -0.502. The lowest BCUT2D eigenvalue weighted by atomic mass is 9.98. The van der Waals surface area contributed by atoms with Crippen LogP contribution in [0.4, 0.5) is 5.69 Å². The van der Waals surface area contributed by atoms with Crippen LogP contribution in [-0.4, -0.2) is 32.1 Å². The van der Waals surface area contributed by atoms with Gasteiger partial charge in [-0.3, -0.25) is 9.59 Å². The van der Waals surface area contributed by atoms with Gasteiger partial charge in [0.25, 0.3) is 0 Å². The maximum absolute atomic E-state index is 12.6. The molecule has 0 bridgehead atoms. The minimum absolute atomic E-state index is 0.0305. The Hall–Kier alpha value is -3.02. The van der Waals surface area contributed by atoms with Crippen molar-refractivity contribution >= 4 is 17.5 Å². The predicted molar refractivity (Wildman–Crippen MR) is 106 cm³/mol.